The lowest BCUT2D eigenvalue weighted by Crippen LogP contribution is -2.31. The monoisotopic (exact) mass is 391 g/mol. The molecular weight excluding hydrogens is 374 g/mol. The smallest absolute Gasteiger partial charge is 0.227 e. The van der Waals surface area contributed by atoms with E-state index in [4.69, 9.17) is 20.9 Å². The average Bonchev–Trinajstić information content (AvgIpc) is 3.32. The summed E-state index contributed by atoms with van der Waals surface area (Å²) in [7, 11) is 1.75. The van der Waals surface area contributed by atoms with Crippen molar-refractivity contribution in [2.75, 3.05) is 20.2 Å². The van der Waals surface area contributed by atoms with Gasteiger partial charge in [0.25, 0.3) is 0 Å². The number of nitrogens with zero attached hydrogens (tertiary/aromatic N) is 3. The number of likely N-dealkylation sites (N-methyl/N-ethyl adjacent to an activating group) is 1. The van der Waals surface area contributed by atoms with E-state index in [0.717, 1.165) is 11.3 Å². The molecule has 2 aromatic heterocycles. The van der Waals surface area contributed by atoms with Crippen LogP contribution in [0.5, 0.6) is 5.75 Å². The molecule has 0 N–H and O–H groups in total. The Morgan fingerprint density at radius 3 is 2.85 bits per heavy atom. The molecule has 0 aliphatic carbocycles. The number of carbonyl (C=O) groups excluding carboxylic acids is 1. The summed E-state index contributed by atoms with van der Waals surface area (Å²) < 4.78 is 10.8. The molecule has 136 valence electrons. The molecule has 1 aromatic carbocycles. The Labute approximate surface area is 160 Å². The van der Waals surface area contributed by atoms with Gasteiger partial charge in [0.2, 0.25) is 17.6 Å². The van der Waals surface area contributed by atoms with Crippen molar-refractivity contribution in [3.05, 3.63) is 52.0 Å². The molecule has 26 heavy (non-hydrogen) atoms. The SMILES string of the molecule is CN(CCOc1ccc(Cl)cc1)C(=O)CCc1nc(-c2ccsc2)no1. The summed E-state index contributed by atoms with van der Waals surface area (Å²) in [5.41, 5.74) is 0.924. The van der Waals surface area contributed by atoms with E-state index in [0.29, 0.717) is 42.7 Å². The Hall–Kier alpha value is -2.38. The lowest BCUT2D eigenvalue weighted by atomic mass is 10.2. The number of amides is 1. The molecule has 1 amide bonds. The molecule has 0 saturated heterocycles. The van der Waals surface area contributed by atoms with Crippen molar-refractivity contribution in [2.45, 2.75) is 12.8 Å². The Bertz CT molecular complexity index is 834. The van der Waals surface area contributed by atoms with Crippen LogP contribution in [0.2, 0.25) is 5.02 Å². The van der Waals surface area contributed by atoms with Gasteiger partial charge in [0.1, 0.15) is 12.4 Å². The summed E-state index contributed by atoms with van der Waals surface area (Å²) in [6, 6.07) is 9.05. The highest BCUT2D eigenvalue weighted by atomic mass is 35.5. The van der Waals surface area contributed by atoms with Crippen LogP contribution in [-0.4, -0.2) is 41.1 Å². The summed E-state index contributed by atoms with van der Waals surface area (Å²) >= 11 is 7.40. The number of aryl methyl sites for hydroxylation is 1. The quantitative estimate of drug-likeness (QED) is 0.582. The number of carbonyl (C=O) groups is 1. The minimum absolute atomic E-state index is 0.00000976. The van der Waals surface area contributed by atoms with Gasteiger partial charge in [0, 0.05) is 35.9 Å². The molecule has 0 fully saturated rings. The second-order valence-electron chi connectivity index (χ2n) is 5.64. The second-order valence-corrected chi connectivity index (χ2v) is 6.86. The maximum Gasteiger partial charge on any atom is 0.227 e. The fraction of sp³-hybridized carbons (Fsp3) is 0.278. The van der Waals surface area contributed by atoms with E-state index in [-0.39, 0.29) is 5.91 Å². The molecule has 0 spiro atoms. The third-order valence-corrected chi connectivity index (χ3v) is 4.67. The summed E-state index contributed by atoms with van der Waals surface area (Å²) in [5.74, 6) is 1.74. The molecule has 0 radical (unpaired) electrons. The van der Waals surface area contributed by atoms with Gasteiger partial charge in [-0.1, -0.05) is 16.8 Å². The van der Waals surface area contributed by atoms with Crippen molar-refractivity contribution >= 4 is 28.8 Å². The van der Waals surface area contributed by atoms with Crippen LogP contribution in [0.3, 0.4) is 0 Å². The molecule has 2 heterocycles. The molecule has 3 aromatic rings. The predicted octanol–water partition coefficient (Wildman–Crippen LogP) is 3.92. The zero-order valence-corrected chi connectivity index (χ0v) is 15.8. The van der Waals surface area contributed by atoms with E-state index < -0.39 is 0 Å². The number of hydrogen-bond acceptors (Lipinski definition) is 6. The molecule has 0 aliphatic heterocycles. The summed E-state index contributed by atoms with van der Waals surface area (Å²) in [6.07, 6.45) is 0.723. The van der Waals surface area contributed by atoms with Gasteiger partial charge in [-0.3, -0.25) is 4.79 Å². The van der Waals surface area contributed by atoms with Crippen LogP contribution >= 0.6 is 22.9 Å². The molecule has 0 bridgehead atoms. The molecule has 0 aliphatic rings. The Morgan fingerprint density at radius 1 is 1.31 bits per heavy atom. The summed E-state index contributed by atoms with van der Waals surface area (Å²) in [5, 5.41) is 8.50. The highest BCUT2D eigenvalue weighted by Crippen LogP contribution is 2.19. The molecule has 6 nitrogen and oxygen atoms in total. The van der Waals surface area contributed by atoms with Crippen LogP contribution in [0.1, 0.15) is 12.3 Å². The molecule has 0 atom stereocenters. The first-order chi connectivity index (χ1) is 12.6. The number of halogens is 1. The van der Waals surface area contributed by atoms with Crippen molar-refractivity contribution in [3.63, 3.8) is 0 Å². The van der Waals surface area contributed by atoms with Crippen LogP contribution in [0.15, 0.2) is 45.6 Å². The first kappa shape index (κ1) is 18.4. The summed E-state index contributed by atoms with van der Waals surface area (Å²) in [4.78, 5) is 18.2. The third kappa shape index (κ3) is 5.06. The van der Waals surface area contributed by atoms with Crippen molar-refractivity contribution in [3.8, 4) is 17.1 Å². The van der Waals surface area contributed by atoms with Crippen LogP contribution < -0.4 is 4.74 Å². The number of aromatic nitrogens is 2. The first-order valence-electron chi connectivity index (χ1n) is 8.09. The Kier molecular flexibility index (Phi) is 6.25. The predicted molar refractivity (Wildman–Crippen MR) is 101 cm³/mol. The summed E-state index contributed by atoms with van der Waals surface area (Å²) in [6.45, 7) is 0.901. The molecular formula is C18H18ClN3O3S. The van der Waals surface area contributed by atoms with E-state index >= 15 is 0 Å². The number of rotatable bonds is 8. The van der Waals surface area contributed by atoms with Gasteiger partial charge in [0.15, 0.2) is 0 Å². The third-order valence-electron chi connectivity index (χ3n) is 3.74. The largest absolute Gasteiger partial charge is 0.492 e. The number of hydrogen-bond donors (Lipinski definition) is 0. The van der Waals surface area contributed by atoms with Crippen molar-refractivity contribution < 1.29 is 14.1 Å². The Morgan fingerprint density at radius 2 is 2.12 bits per heavy atom. The zero-order chi connectivity index (χ0) is 18.4. The van der Waals surface area contributed by atoms with Gasteiger partial charge in [-0.15, -0.1) is 0 Å². The lowest BCUT2D eigenvalue weighted by Gasteiger charge is -2.17. The molecule has 0 unspecified atom stereocenters. The minimum Gasteiger partial charge on any atom is -0.492 e. The number of thiophene rings is 1. The van der Waals surface area contributed by atoms with Gasteiger partial charge >= 0.3 is 0 Å². The maximum atomic E-state index is 12.2. The van der Waals surface area contributed by atoms with Gasteiger partial charge < -0.3 is 14.2 Å². The van der Waals surface area contributed by atoms with Gasteiger partial charge in [-0.25, -0.2) is 0 Å². The van der Waals surface area contributed by atoms with E-state index in [2.05, 4.69) is 10.1 Å². The molecule has 3 rings (SSSR count). The normalized spacial score (nSPS) is 10.7. The minimum atomic E-state index is -0.00000976. The highest BCUT2D eigenvalue weighted by Gasteiger charge is 2.13. The average molecular weight is 392 g/mol. The number of benzene rings is 1. The van der Waals surface area contributed by atoms with Crippen molar-refractivity contribution in [1.29, 1.82) is 0 Å². The Balaban J connectivity index is 1.40. The van der Waals surface area contributed by atoms with Crippen molar-refractivity contribution in [2.24, 2.45) is 0 Å². The molecule has 8 heteroatoms. The van der Waals surface area contributed by atoms with E-state index in [9.17, 15) is 4.79 Å². The van der Waals surface area contributed by atoms with Gasteiger partial charge in [-0.05, 0) is 35.7 Å². The van der Waals surface area contributed by atoms with Crippen LogP contribution in [0.4, 0.5) is 0 Å². The topological polar surface area (TPSA) is 68.5 Å². The van der Waals surface area contributed by atoms with E-state index in [1.165, 1.54) is 0 Å². The lowest BCUT2D eigenvalue weighted by molar-refractivity contribution is -0.130. The van der Waals surface area contributed by atoms with Crippen LogP contribution in [0, 0.1) is 0 Å². The van der Waals surface area contributed by atoms with Crippen LogP contribution in [0.25, 0.3) is 11.4 Å². The highest BCUT2D eigenvalue weighted by molar-refractivity contribution is 7.08. The van der Waals surface area contributed by atoms with Crippen LogP contribution in [-0.2, 0) is 11.2 Å². The first-order valence-corrected chi connectivity index (χ1v) is 9.41. The van der Waals surface area contributed by atoms with Gasteiger partial charge in [-0.2, -0.15) is 16.3 Å². The fourth-order valence-electron chi connectivity index (χ4n) is 2.23. The standard InChI is InChI=1S/C18H18ClN3O3S/c1-22(9-10-24-15-4-2-14(19)3-5-15)17(23)7-6-16-20-18(21-25-16)13-8-11-26-12-13/h2-5,8,11-12H,6-7,9-10H2,1H3. The fourth-order valence-corrected chi connectivity index (χ4v) is 2.99. The van der Waals surface area contributed by atoms with Crippen molar-refractivity contribution in [1.82, 2.24) is 15.0 Å². The second kappa shape index (κ2) is 8.82. The van der Waals surface area contributed by atoms with E-state index in [1.54, 1.807) is 47.5 Å². The van der Waals surface area contributed by atoms with E-state index in [1.807, 2.05) is 16.8 Å². The number of ether oxygens (including phenoxy) is 1. The van der Waals surface area contributed by atoms with Gasteiger partial charge in [0.05, 0.1) is 6.54 Å². The maximum absolute atomic E-state index is 12.2. The molecule has 0 saturated carbocycles. The zero-order valence-electron chi connectivity index (χ0n) is 14.2.